The summed E-state index contributed by atoms with van der Waals surface area (Å²) in [5, 5.41) is 19.6. The fourth-order valence-corrected chi connectivity index (χ4v) is 5.93. The Labute approximate surface area is 268 Å². The standard InChI is InChI=1S/C36H37N7O3/c1-24-12-13-30(21-32(31(19-24)33(37)44)39-22-25-7-3-2-4-8-25)40-29-11-5-9-27(20-29)36(45)42-17-14-26(15-18-42)34-41-35(43(34)46)28-10-6-16-38-23-28/h2-11,16,19-21,23,26,39-40H,12-15,17-18,22H2,1H3,(H2,37,44). The number of carbonyl (C=O) groups excluding carboxylic acids is 2. The summed E-state index contributed by atoms with van der Waals surface area (Å²) in [4.78, 5) is 36.4. The molecule has 3 aromatic rings. The Morgan fingerprint density at radius 1 is 1.02 bits per heavy atom. The van der Waals surface area contributed by atoms with E-state index in [1.54, 1.807) is 18.5 Å². The molecule has 2 aromatic carbocycles. The molecule has 3 heterocycles. The molecule has 234 valence electrons. The van der Waals surface area contributed by atoms with Crippen LogP contribution in [0.15, 0.2) is 119 Å². The second-order valence-corrected chi connectivity index (χ2v) is 11.8. The van der Waals surface area contributed by atoms with Gasteiger partial charge in [0.15, 0.2) is 0 Å². The van der Waals surface area contributed by atoms with Crippen LogP contribution in [-0.4, -0.2) is 51.2 Å². The number of amides is 2. The molecule has 0 bridgehead atoms. The second-order valence-electron chi connectivity index (χ2n) is 11.8. The maximum Gasteiger partial charge on any atom is 0.275 e. The van der Waals surface area contributed by atoms with Crippen LogP contribution < -0.4 is 16.4 Å². The number of rotatable bonds is 9. The Kier molecular flexibility index (Phi) is 9.05. The quantitative estimate of drug-likeness (QED) is 0.232. The minimum Gasteiger partial charge on any atom is -0.740 e. The first-order valence-electron chi connectivity index (χ1n) is 15.5. The summed E-state index contributed by atoms with van der Waals surface area (Å²) >= 11 is 0. The Morgan fingerprint density at radius 2 is 1.83 bits per heavy atom. The number of carbonyl (C=O) groups is 2. The number of allylic oxidation sites excluding steroid dienone is 3. The maximum atomic E-state index is 13.5. The van der Waals surface area contributed by atoms with E-state index in [4.69, 9.17) is 5.73 Å². The van der Waals surface area contributed by atoms with Crippen molar-refractivity contribution in [2.45, 2.75) is 39.2 Å². The van der Waals surface area contributed by atoms with Crippen molar-refractivity contribution in [2.75, 3.05) is 18.4 Å². The monoisotopic (exact) mass is 615 g/mol. The molecular weight excluding hydrogens is 578 g/mol. The molecule has 4 N–H and O–H groups in total. The number of nitrogens with one attached hydrogen (secondary N) is 2. The lowest BCUT2D eigenvalue weighted by atomic mass is 9.93. The van der Waals surface area contributed by atoms with Gasteiger partial charge in [0.1, 0.15) is 0 Å². The van der Waals surface area contributed by atoms with Crippen LogP contribution in [0.25, 0.3) is 0 Å². The van der Waals surface area contributed by atoms with Crippen LogP contribution in [0.1, 0.15) is 54.1 Å². The van der Waals surface area contributed by atoms with Gasteiger partial charge >= 0.3 is 0 Å². The van der Waals surface area contributed by atoms with Crippen LogP contribution in [0.5, 0.6) is 0 Å². The second kappa shape index (κ2) is 13.6. The van der Waals surface area contributed by atoms with Crippen molar-refractivity contribution >= 4 is 29.2 Å². The first kappa shape index (κ1) is 30.5. The summed E-state index contributed by atoms with van der Waals surface area (Å²) in [5.74, 6) is 0.383. The number of hydroxylamine groups is 1. The molecule has 6 rings (SSSR count). The number of amidine groups is 2. The number of aromatic nitrogens is 1. The summed E-state index contributed by atoms with van der Waals surface area (Å²) in [6.45, 7) is 3.62. The Morgan fingerprint density at radius 3 is 2.54 bits per heavy atom. The van der Waals surface area contributed by atoms with Crippen LogP contribution >= 0.6 is 0 Å². The fraction of sp³-hybridized carbons (Fsp3) is 0.250. The van der Waals surface area contributed by atoms with Gasteiger partial charge in [0.05, 0.1) is 17.1 Å². The lowest BCUT2D eigenvalue weighted by Gasteiger charge is -2.34. The third-order valence-electron chi connectivity index (χ3n) is 8.48. The molecule has 0 spiro atoms. The van der Waals surface area contributed by atoms with Crippen molar-refractivity contribution in [1.82, 2.24) is 15.2 Å². The molecule has 0 unspecified atom stereocenters. The van der Waals surface area contributed by atoms with Crippen molar-refractivity contribution in [3.05, 3.63) is 136 Å². The number of nitrogens with zero attached hydrogens (tertiary/aromatic N) is 4. The fourth-order valence-electron chi connectivity index (χ4n) is 5.93. The van der Waals surface area contributed by atoms with Crippen molar-refractivity contribution in [3.63, 3.8) is 0 Å². The van der Waals surface area contributed by atoms with Gasteiger partial charge < -0.3 is 26.5 Å². The summed E-state index contributed by atoms with van der Waals surface area (Å²) in [6.07, 6.45) is 9.91. The summed E-state index contributed by atoms with van der Waals surface area (Å²) in [6, 6.07) is 21.0. The maximum absolute atomic E-state index is 13.5. The lowest BCUT2D eigenvalue weighted by Crippen LogP contribution is -2.45. The number of hydrogen-bond acceptors (Lipinski definition) is 7. The molecule has 10 heteroatoms. The predicted octanol–water partition coefficient (Wildman–Crippen LogP) is 4.87. The zero-order valence-corrected chi connectivity index (χ0v) is 25.8. The first-order chi connectivity index (χ1) is 22.4. The van der Waals surface area contributed by atoms with Crippen molar-refractivity contribution in [3.8, 4) is 0 Å². The normalized spacial score (nSPS) is 17.2. The Hall–Kier alpha value is -5.51. The van der Waals surface area contributed by atoms with E-state index in [-0.39, 0.29) is 11.8 Å². The average Bonchev–Trinajstić information content (AvgIpc) is 3.07. The molecular formula is C36H37N7O3. The molecule has 10 nitrogen and oxygen atoms in total. The number of pyridine rings is 1. The molecule has 0 saturated carbocycles. The lowest BCUT2D eigenvalue weighted by molar-refractivity contribution is -0.347. The molecule has 1 aliphatic carbocycles. The van der Waals surface area contributed by atoms with Gasteiger partial charge in [0, 0.05) is 54.7 Å². The van der Waals surface area contributed by atoms with E-state index in [2.05, 4.69) is 20.6 Å². The number of primary amides is 1. The number of nitrogens with two attached hydrogens (primary N) is 1. The van der Waals surface area contributed by atoms with Gasteiger partial charge in [-0.15, -0.1) is 0 Å². The number of anilines is 1. The molecule has 1 fully saturated rings. The molecule has 1 aromatic heterocycles. The highest BCUT2D eigenvalue weighted by Gasteiger charge is 2.35. The van der Waals surface area contributed by atoms with Gasteiger partial charge in [-0.25, -0.2) is 4.74 Å². The van der Waals surface area contributed by atoms with Gasteiger partial charge in [-0.2, -0.15) is 0 Å². The smallest absolute Gasteiger partial charge is 0.275 e. The first-order valence-corrected chi connectivity index (χ1v) is 15.5. The highest BCUT2D eigenvalue weighted by atomic mass is 16.5. The third kappa shape index (κ3) is 6.91. The molecule has 3 aliphatic rings. The summed E-state index contributed by atoms with van der Waals surface area (Å²) in [5.41, 5.74) is 12.0. The van der Waals surface area contributed by atoms with Crippen LogP contribution in [-0.2, 0) is 11.3 Å². The zero-order chi connectivity index (χ0) is 32.0. The van der Waals surface area contributed by atoms with E-state index in [0.29, 0.717) is 66.5 Å². The number of piperidine rings is 1. The largest absolute Gasteiger partial charge is 0.740 e. The van der Waals surface area contributed by atoms with Gasteiger partial charge in [0.25, 0.3) is 17.6 Å². The minimum absolute atomic E-state index is 0.0155. The van der Waals surface area contributed by atoms with Crippen LogP contribution in [0.2, 0.25) is 0 Å². The molecule has 0 atom stereocenters. The van der Waals surface area contributed by atoms with Gasteiger partial charge in [-0.05, 0) is 80.7 Å². The van der Waals surface area contributed by atoms with Gasteiger partial charge in [-0.3, -0.25) is 14.6 Å². The van der Waals surface area contributed by atoms with E-state index in [1.807, 2.05) is 84.6 Å². The van der Waals surface area contributed by atoms with E-state index in [1.165, 1.54) is 0 Å². The van der Waals surface area contributed by atoms with Gasteiger partial charge in [-0.1, -0.05) is 47.0 Å². The number of benzene rings is 2. The van der Waals surface area contributed by atoms with Crippen molar-refractivity contribution < 1.29 is 14.3 Å². The van der Waals surface area contributed by atoms with Crippen LogP contribution in [0, 0.1) is 11.1 Å². The average molecular weight is 616 g/mol. The highest BCUT2D eigenvalue weighted by Crippen LogP contribution is 2.27. The molecule has 46 heavy (non-hydrogen) atoms. The van der Waals surface area contributed by atoms with Crippen LogP contribution in [0.4, 0.5) is 5.69 Å². The summed E-state index contributed by atoms with van der Waals surface area (Å²) in [7, 11) is 0. The van der Waals surface area contributed by atoms with E-state index in [0.717, 1.165) is 40.1 Å². The van der Waals surface area contributed by atoms with Gasteiger partial charge in [0.2, 0.25) is 5.84 Å². The summed E-state index contributed by atoms with van der Waals surface area (Å²) < 4.78 is 0.903. The molecule has 2 aliphatic heterocycles. The number of likely N-dealkylation sites (tertiary alicyclic amines) is 1. The Balaban J connectivity index is 1.12. The van der Waals surface area contributed by atoms with E-state index >= 15 is 0 Å². The molecule has 1 saturated heterocycles. The van der Waals surface area contributed by atoms with Crippen molar-refractivity contribution in [2.24, 2.45) is 16.6 Å². The third-order valence-corrected chi connectivity index (χ3v) is 8.48. The van der Waals surface area contributed by atoms with Crippen LogP contribution in [0.3, 0.4) is 0 Å². The molecule has 0 radical (unpaired) electrons. The predicted molar refractivity (Wildman–Crippen MR) is 179 cm³/mol. The Bertz CT molecular complexity index is 1780. The van der Waals surface area contributed by atoms with Crippen molar-refractivity contribution in [1.29, 1.82) is 0 Å². The van der Waals surface area contributed by atoms with E-state index < -0.39 is 5.91 Å². The minimum atomic E-state index is -0.497. The highest BCUT2D eigenvalue weighted by molar-refractivity contribution is 6.10. The zero-order valence-electron chi connectivity index (χ0n) is 25.8. The molecule has 2 amide bonds. The van der Waals surface area contributed by atoms with E-state index in [9.17, 15) is 14.8 Å². The topological polar surface area (TPSA) is 139 Å². The SMILES string of the molecule is CC1=CC(C(N)=O)=C(NCc2ccccc2)C=C(Nc2cccc(C(=O)N3CCC(C4=NC(c5cccnc5)=[N+]4[O-])CC3)c2)CC1. The number of aliphatic imine (C=N–C) groups is 1. The number of hydrogen-bond donors (Lipinski definition) is 3.